The van der Waals surface area contributed by atoms with E-state index in [0.717, 1.165) is 51.4 Å². The van der Waals surface area contributed by atoms with Gasteiger partial charge in [0.15, 0.2) is 0 Å². The van der Waals surface area contributed by atoms with Gasteiger partial charge < -0.3 is 9.84 Å². The first-order valence-corrected chi connectivity index (χ1v) is 10.6. The molecule has 0 spiro atoms. The number of carbonyl (C=O) groups excluding carboxylic acids is 2. The Bertz CT molecular complexity index is 489. The molecule has 0 aromatic carbocycles. The number of carbonyl (C=O) groups is 2. The Morgan fingerprint density at radius 3 is 2.77 bits per heavy atom. The van der Waals surface area contributed by atoms with Crippen molar-refractivity contribution in [3.8, 4) is 0 Å². The lowest BCUT2D eigenvalue weighted by Gasteiger charge is -2.55. The molecular formula is C22H38O4. The normalized spacial score (nSPS) is 35.7. The van der Waals surface area contributed by atoms with Crippen LogP contribution in [0.3, 0.4) is 0 Å². The zero-order valence-corrected chi connectivity index (χ0v) is 17.1. The molecule has 1 N–H and O–H groups in total. The van der Waals surface area contributed by atoms with Crippen molar-refractivity contribution in [2.24, 2.45) is 29.1 Å². The minimum Gasteiger partial charge on any atom is -0.469 e. The second-order valence-electron chi connectivity index (χ2n) is 9.02. The number of hydrogen-bond donors (Lipinski definition) is 1. The van der Waals surface area contributed by atoms with Gasteiger partial charge in [-0.25, -0.2) is 0 Å². The van der Waals surface area contributed by atoms with E-state index in [2.05, 4.69) is 20.8 Å². The van der Waals surface area contributed by atoms with E-state index >= 15 is 0 Å². The molecule has 0 radical (unpaired) electrons. The number of ether oxygens (including phenoxy) is 1. The minimum absolute atomic E-state index is 0.143. The van der Waals surface area contributed by atoms with E-state index in [4.69, 9.17) is 4.74 Å². The number of fused-ring (bicyclic) bond motifs is 1. The van der Waals surface area contributed by atoms with E-state index in [1.54, 1.807) is 0 Å². The smallest absolute Gasteiger partial charge is 0.305 e. The Hall–Kier alpha value is -0.900. The lowest BCUT2D eigenvalue weighted by Crippen LogP contribution is -2.52. The molecule has 2 fully saturated rings. The number of aliphatic hydroxyl groups is 1. The van der Waals surface area contributed by atoms with Crippen molar-refractivity contribution in [2.75, 3.05) is 7.11 Å². The molecule has 0 amide bonds. The molecule has 3 unspecified atom stereocenters. The van der Waals surface area contributed by atoms with E-state index in [1.807, 2.05) is 0 Å². The van der Waals surface area contributed by atoms with Crippen molar-refractivity contribution in [1.82, 2.24) is 0 Å². The van der Waals surface area contributed by atoms with Gasteiger partial charge in [-0.05, 0) is 55.3 Å². The third kappa shape index (κ3) is 4.68. The Kier molecular flexibility index (Phi) is 7.69. The van der Waals surface area contributed by atoms with Crippen molar-refractivity contribution in [2.45, 2.75) is 91.1 Å². The number of aliphatic hydroxyl groups excluding tert-OH is 1. The molecule has 0 heterocycles. The van der Waals surface area contributed by atoms with Gasteiger partial charge in [0.25, 0.3) is 0 Å². The molecule has 0 aliphatic heterocycles. The van der Waals surface area contributed by atoms with E-state index in [1.165, 1.54) is 7.11 Å². The zero-order chi connectivity index (χ0) is 19.3. The molecular weight excluding hydrogens is 328 g/mol. The van der Waals surface area contributed by atoms with Crippen LogP contribution in [0, 0.1) is 29.1 Å². The SMILES string of the molecule is CCCC(C)C1C(=O)C[C@@H]2C[C@H](O)CC[C@]2(C)C1CCCCC(=O)OC. The molecule has 2 aliphatic carbocycles. The molecule has 4 heteroatoms. The summed E-state index contributed by atoms with van der Waals surface area (Å²) in [6, 6.07) is 0. The molecule has 150 valence electrons. The van der Waals surface area contributed by atoms with Crippen LogP contribution in [0.5, 0.6) is 0 Å². The van der Waals surface area contributed by atoms with E-state index in [-0.39, 0.29) is 23.4 Å². The van der Waals surface area contributed by atoms with Gasteiger partial charge in [-0.3, -0.25) is 9.59 Å². The van der Waals surface area contributed by atoms with Crippen LogP contribution in [0.4, 0.5) is 0 Å². The molecule has 2 rings (SSSR count). The summed E-state index contributed by atoms with van der Waals surface area (Å²) in [5.41, 5.74) is 0.144. The maximum atomic E-state index is 13.1. The Labute approximate surface area is 159 Å². The van der Waals surface area contributed by atoms with Gasteiger partial charge in [-0.1, -0.05) is 40.0 Å². The van der Waals surface area contributed by atoms with E-state index < -0.39 is 0 Å². The third-order valence-corrected chi connectivity index (χ3v) is 7.34. The van der Waals surface area contributed by atoms with Crippen molar-refractivity contribution in [3.05, 3.63) is 0 Å². The highest BCUT2D eigenvalue weighted by molar-refractivity contribution is 5.83. The highest BCUT2D eigenvalue weighted by Gasteiger charge is 2.53. The summed E-state index contributed by atoms with van der Waals surface area (Å²) >= 11 is 0. The van der Waals surface area contributed by atoms with Gasteiger partial charge in [0, 0.05) is 18.8 Å². The van der Waals surface area contributed by atoms with Crippen molar-refractivity contribution < 1.29 is 19.4 Å². The summed E-state index contributed by atoms with van der Waals surface area (Å²) in [5.74, 6) is 1.52. The first-order valence-electron chi connectivity index (χ1n) is 10.6. The minimum atomic E-state index is -0.245. The summed E-state index contributed by atoms with van der Waals surface area (Å²) in [4.78, 5) is 24.5. The van der Waals surface area contributed by atoms with Gasteiger partial charge in [0.05, 0.1) is 13.2 Å². The van der Waals surface area contributed by atoms with Crippen LogP contribution in [-0.4, -0.2) is 30.1 Å². The fourth-order valence-electron chi connectivity index (χ4n) is 5.81. The summed E-state index contributed by atoms with van der Waals surface area (Å²) < 4.78 is 4.75. The van der Waals surface area contributed by atoms with E-state index in [0.29, 0.717) is 36.4 Å². The van der Waals surface area contributed by atoms with Gasteiger partial charge in [0.2, 0.25) is 0 Å². The highest BCUT2D eigenvalue weighted by Crippen LogP contribution is 2.57. The molecule has 2 saturated carbocycles. The van der Waals surface area contributed by atoms with Crippen LogP contribution >= 0.6 is 0 Å². The first-order chi connectivity index (χ1) is 12.3. The molecule has 4 nitrogen and oxygen atoms in total. The summed E-state index contributed by atoms with van der Waals surface area (Å²) in [5, 5.41) is 10.1. The van der Waals surface area contributed by atoms with Gasteiger partial charge in [-0.2, -0.15) is 0 Å². The number of esters is 1. The van der Waals surface area contributed by atoms with Gasteiger partial charge in [0.1, 0.15) is 5.78 Å². The molecule has 0 aromatic heterocycles. The summed E-state index contributed by atoms with van der Waals surface area (Å²) in [6.45, 7) is 6.80. The maximum Gasteiger partial charge on any atom is 0.305 e. The van der Waals surface area contributed by atoms with Crippen LogP contribution in [0.15, 0.2) is 0 Å². The summed E-state index contributed by atoms with van der Waals surface area (Å²) in [6.07, 6.45) is 8.51. The maximum absolute atomic E-state index is 13.1. The average Bonchev–Trinajstić information content (AvgIpc) is 2.59. The topological polar surface area (TPSA) is 63.6 Å². The van der Waals surface area contributed by atoms with Crippen LogP contribution in [0.1, 0.15) is 85.0 Å². The molecule has 2 aliphatic rings. The third-order valence-electron chi connectivity index (χ3n) is 7.34. The molecule has 0 bridgehead atoms. The zero-order valence-electron chi connectivity index (χ0n) is 17.1. The second kappa shape index (κ2) is 9.34. The highest BCUT2D eigenvalue weighted by atomic mass is 16.5. The predicted molar refractivity (Wildman–Crippen MR) is 103 cm³/mol. The number of methoxy groups -OCH3 is 1. The van der Waals surface area contributed by atoms with Crippen molar-refractivity contribution >= 4 is 11.8 Å². The fourth-order valence-corrected chi connectivity index (χ4v) is 5.81. The van der Waals surface area contributed by atoms with Crippen LogP contribution in [0.2, 0.25) is 0 Å². The number of ketones is 1. The summed E-state index contributed by atoms with van der Waals surface area (Å²) in [7, 11) is 1.43. The standard InChI is InChI=1S/C22H38O4/c1-5-8-15(2)21-18(9-6-7-10-20(25)26-4)22(3)12-11-17(23)13-16(22)14-19(21)24/h15-18,21,23H,5-14H2,1-4H3/t15?,16-,17+,18?,21?,22-/m0/s1. The number of Topliss-reactive ketones (excluding diaryl/α,β-unsaturated/α-hetero) is 1. The Balaban J connectivity index is 2.15. The molecule has 6 atom stereocenters. The Morgan fingerprint density at radius 2 is 2.12 bits per heavy atom. The largest absolute Gasteiger partial charge is 0.469 e. The van der Waals surface area contributed by atoms with Crippen LogP contribution in [-0.2, 0) is 14.3 Å². The number of hydrogen-bond acceptors (Lipinski definition) is 4. The first kappa shape index (κ1) is 21.4. The fraction of sp³-hybridized carbons (Fsp3) is 0.909. The molecule has 26 heavy (non-hydrogen) atoms. The van der Waals surface area contributed by atoms with Crippen LogP contribution < -0.4 is 0 Å². The lowest BCUT2D eigenvalue weighted by atomic mass is 9.49. The Morgan fingerprint density at radius 1 is 1.38 bits per heavy atom. The van der Waals surface area contributed by atoms with Crippen molar-refractivity contribution in [1.29, 1.82) is 0 Å². The average molecular weight is 367 g/mol. The quantitative estimate of drug-likeness (QED) is 0.506. The molecule has 0 saturated heterocycles. The van der Waals surface area contributed by atoms with Gasteiger partial charge in [-0.15, -0.1) is 0 Å². The van der Waals surface area contributed by atoms with Crippen LogP contribution in [0.25, 0.3) is 0 Å². The van der Waals surface area contributed by atoms with Crippen molar-refractivity contribution in [3.63, 3.8) is 0 Å². The van der Waals surface area contributed by atoms with E-state index in [9.17, 15) is 14.7 Å². The predicted octanol–water partition coefficient (Wildman–Crippen LogP) is 4.53. The van der Waals surface area contributed by atoms with Gasteiger partial charge >= 0.3 is 5.97 Å². The second-order valence-corrected chi connectivity index (χ2v) is 9.02. The lowest BCUT2D eigenvalue weighted by molar-refractivity contribution is -0.147. The monoisotopic (exact) mass is 366 g/mol. The number of rotatable bonds is 8. The molecule has 0 aromatic rings. The number of unbranched alkanes of at least 4 members (excludes halogenated alkanes) is 1.